The third-order valence-electron chi connectivity index (χ3n) is 4.40. The number of alkyl halides is 2. The molecule has 0 unspecified atom stereocenters. The van der Waals surface area contributed by atoms with Crippen LogP contribution in [-0.4, -0.2) is 27.5 Å². The highest BCUT2D eigenvalue weighted by Gasteiger charge is 2.36. The number of carbonyl (C=O) groups excluding carboxylic acids is 1. The summed E-state index contributed by atoms with van der Waals surface area (Å²) in [5.41, 5.74) is 0.640. The van der Waals surface area contributed by atoms with Gasteiger partial charge < -0.3 is 10.1 Å². The fourth-order valence-electron chi connectivity index (χ4n) is 3.23. The zero-order chi connectivity index (χ0) is 20.8. The van der Waals surface area contributed by atoms with Crippen molar-refractivity contribution < 1.29 is 26.7 Å². The molecule has 0 radical (unpaired) electrons. The summed E-state index contributed by atoms with van der Waals surface area (Å²) >= 11 is 5.87. The first-order valence-corrected chi connectivity index (χ1v) is 10.2. The second kappa shape index (κ2) is 7.16. The Morgan fingerprint density at radius 2 is 1.86 bits per heavy atom. The Balaban J connectivity index is 1.57. The van der Waals surface area contributed by atoms with Gasteiger partial charge in [-0.3, -0.25) is 9.10 Å². The number of anilines is 2. The van der Waals surface area contributed by atoms with Crippen LogP contribution in [0.1, 0.15) is 0 Å². The zero-order valence-electron chi connectivity index (χ0n) is 14.6. The van der Waals surface area contributed by atoms with Gasteiger partial charge in [0.05, 0.1) is 15.6 Å². The van der Waals surface area contributed by atoms with E-state index in [2.05, 4.69) is 10.1 Å². The molecule has 0 spiro atoms. The summed E-state index contributed by atoms with van der Waals surface area (Å²) in [6.45, 7) is -3.49. The summed E-state index contributed by atoms with van der Waals surface area (Å²) in [5, 5.41) is 3.72. The first-order valence-electron chi connectivity index (χ1n) is 8.36. The monoisotopic (exact) mass is 438 g/mol. The molecule has 3 aromatic rings. The first kappa shape index (κ1) is 19.4. The van der Waals surface area contributed by atoms with Gasteiger partial charge in [0.2, 0.25) is 5.91 Å². The highest BCUT2D eigenvalue weighted by Crippen LogP contribution is 2.41. The molecule has 29 heavy (non-hydrogen) atoms. The van der Waals surface area contributed by atoms with Crippen molar-refractivity contribution in [1.82, 2.24) is 0 Å². The molecule has 150 valence electrons. The van der Waals surface area contributed by atoms with Crippen molar-refractivity contribution in [2.45, 2.75) is 11.5 Å². The summed E-state index contributed by atoms with van der Waals surface area (Å²) in [7, 11) is -3.87. The predicted molar refractivity (Wildman–Crippen MR) is 105 cm³/mol. The van der Waals surface area contributed by atoms with Gasteiger partial charge in [-0.15, -0.1) is 0 Å². The molecule has 0 fully saturated rings. The number of amides is 1. The van der Waals surface area contributed by atoms with E-state index < -0.39 is 29.1 Å². The van der Waals surface area contributed by atoms with E-state index in [-0.39, 0.29) is 21.4 Å². The largest absolute Gasteiger partial charge is 0.433 e. The Morgan fingerprint density at radius 1 is 1.14 bits per heavy atom. The summed E-state index contributed by atoms with van der Waals surface area (Å²) in [5.74, 6) is -0.846. The van der Waals surface area contributed by atoms with Gasteiger partial charge >= 0.3 is 6.61 Å². The smallest absolute Gasteiger partial charge is 0.387 e. The lowest BCUT2D eigenvalue weighted by Crippen LogP contribution is -2.35. The maximum atomic E-state index is 12.9. The Hall–Kier alpha value is -2.91. The predicted octanol–water partition coefficient (Wildman–Crippen LogP) is 4.24. The number of ether oxygens (including phenoxy) is 1. The summed E-state index contributed by atoms with van der Waals surface area (Å²) in [6, 6.07) is 13.9. The second-order valence-electron chi connectivity index (χ2n) is 6.21. The molecular formula is C19H13ClF2N2O4S. The van der Waals surface area contributed by atoms with Gasteiger partial charge in [-0.05, 0) is 35.7 Å². The lowest BCUT2D eigenvalue weighted by Gasteiger charge is -2.18. The lowest BCUT2D eigenvalue weighted by molar-refractivity contribution is -0.114. The molecule has 1 aliphatic rings. The van der Waals surface area contributed by atoms with Crippen molar-refractivity contribution in [3.05, 3.63) is 59.6 Å². The SMILES string of the molecule is O=C(CN1c2cccc3cccc(c23)S1(=O)=O)Nc1ccc(OC(F)F)c(Cl)c1. The van der Waals surface area contributed by atoms with Crippen LogP contribution in [0.5, 0.6) is 5.75 Å². The average Bonchev–Trinajstić information content (AvgIpc) is 2.87. The Kier molecular flexibility index (Phi) is 4.79. The third kappa shape index (κ3) is 3.47. The maximum absolute atomic E-state index is 12.9. The summed E-state index contributed by atoms with van der Waals surface area (Å²) in [4.78, 5) is 12.6. The van der Waals surface area contributed by atoms with E-state index in [9.17, 15) is 22.0 Å². The number of nitrogens with one attached hydrogen (secondary N) is 1. The lowest BCUT2D eigenvalue weighted by atomic mass is 10.1. The topological polar surface area (TPSA) is 75.7 Å². The van der Waals surface area contributed by atoms with Gasteiger partial charge in [-0.2, -0.15) is 8.78 Å². The quantitative estimate of drug-likeness (QED) is 0.646. The molecule has 0 saturated carbocycles. The van der Waals surface area contributed by atoms with Crippen molar-refractivity contribution in [1.29, 1.82) is 0 Å². The molecule has 0 aliphatic carbocycles. The average molecular weight is 439 g/mol. The van der Waals surface area contributed by atoms with Crippen LogP contribution in [0.4, 0.5) is 20.2 Å². The standard InChI is InChI=1S/C19H13ClF2N2O4S/c20-13-9-12(7-8-15(13)28-19(21)22)23-17(25)10-24-14-5-1-3-11-4-2-6-16(18(11)14)29(24,26)27/h1-9,19H,10H2,(H,23,25). The van der Waals surface area contributed by atoms with Crippen LogP contribution in [0, 0.1) is 0 Å². The molecule has 0 bridgehead atoms. The molecule has 1 aliphatic heterocycles. The molecule has 0 atom stereocenters. The fraction of sp³-hybridized carbons (Fsp3) is 0.105. The van der Waals surface area contributed by atoms with E-state index in [1.807, 2.05) is 0 Å². The summed E-state index contributed by atoms with van der Waals surface area (Å²) < 4.78 is 55.7. The number of sulfonamides is 1. The zero-order valence-corrected chi connectivity index (χ0v) is 16.2. The van der Waals surface area contributed by atoms with Gasteiger partial charge in [0.1, 0.15) is 12.3 Å². The molecule has 1 heterocycles. The normalized spacial score (nSPS) is 14.4. The van der Waals surface area contributed by atoms with E-state index in [4.69, 9.17) is 11.6 Å². The first-order chi connectivity index (χ1) is 13.8. The van der Waals surface area contributed by atoms with Crippen LogP contribution >= 0.6 is 11.6 Å². The van der Waals surface area contributed by atoms with E-state index in [1.165, 1.54) is 24.3 Å². The Bertz CT molecular complexity index is 1230. The molecular weight excluding hydrogens is 426 g/mol. The van der Waals surface area contributed by atoms with Crippen LogP contribution in [0.25, 0.3) is 10.8 Å². The molecule has 10 heteroatoms. The van der Waals surface area contributed by atoms with Crippen LogP contribution in [0.3, 0.4) is 0 Å². The van der Waals surface area contributed by atoms with Gasteiger partial charge in [0.15, 0.2) is 0 Å². The minimum absolute atomic E-state index is 0.117. The Morgan fingerprint density at radius 3 is 2.55 bits per heavy atom. The van der Waals surface area contributed by atoms with Crippen LogP contribution in [0.2, 0.25) is 5.02 Å². The van der Waals surface area contributed by atoms with Gasteiger partial charge in [-0.1, -0.05) is 35.9 Å². The van der Waals surface area contributed by atoms with E-state index in [1.54, 1.807) is 30.3 Å². The maximum Gasteiger partial charge on any atom is 0.387 e. The number of hydrogen-bond donors (Lipinski definition) is 1. The molecule has 3 aromatic carbocycles. The second-order valence-corrected chi connectivity index (χ2v) is 8.45. The number of benzene rings is 3. The van der Waals surface area contributed by atoms with Crippen molar-refractivity contribution >= 4 is 49.7 Å². The van der Waals surface area contributed by atoms with Crippen molar-refractivity contribution in [3.63, 3.8) is 0 Å². The fourth-order valence-corrected chi connectivity index (χ4v) is 5.12. The van der Waals surface area contributed by atoms with E-state index in [0.717, 1.165) is 9.69 Å². The Labute approximate surface area is 169 Å². The molecule has 1 N–H and O–H groups in total. The molecule has 0 aromatic heterocycles. The minimum Gasteiger partial charge on any atom is -0.433 e. The van der Waals surface area contributed by atoms with Crippen molar-refractivity contribution in [2.75, 3.05) is 16.2 Å². The van der Waals surface area contributed by atoms with Crippen molar-refractivity contribution in [3.8, 4) is 5.75 Å². The van der Waals surface area contributed by atoms with Gasteiger partial charge in [-0.25, -0.2) is 8.42 Å². The van der Waals surface area contributed by atoms with E-state index in [0.29, 0.717) is 11.1 Å². The number of nitrogens with zero attached hydrogens (tertiary/aromatic N) is 1. The van der Waals surface area contributed by atoms with Crippen LogP contribution in [-0.2, 0) is 14.8 Å². The highest BCUT2D eigenvalue weighted by molar-refractivity contribution is 7.93. The molecule has 1 amide bonds. The highest BCUT2D eigenvalue weighted by atomic mass is 35.5. The molecule has 4 rings (SSSR count). The minimum atomic E-state index is -3.87. The molecule has 6 nitrogen and oxygen atoms in total. The van der Waals surface area contributed by atoms with Gasteiger partial charge in [0.25, 0.3) is 10.0 Å². The third-order valence-corrected chi connectivity index (χ3v) is 6.50. The number of carbonyl (C=O) groups is 1. The van der Waals surface area contributed by atoms with E-state index >= 15 is 0 Å². The number of rotatable bonds is 5. The molecule has 0 saturated heterocycles. The number of hydrogen-bond acceptors (Lipinski definition) is 4. The number of halogens is 3. The van der Waals surface area contributed by atoms with Crippen LogP contribution < -0.4 is 14.4 Å². The van der Waals surface area contributed by atoms with Crippen molar-refractivity contribution in [2.24, 2.45) is 0 Å². The van der Waals surface area contributed by atoms with Crippen LogP contribution in [0.15, 0.2) is 59.5 Å². The van der Waals surface area contributed by atoms with Gasteiger partial charge in [0, 0.05) is 11.1 Å². The summed E-state index contributed by atoms with van der Waals surface area (Å²) in [6.07, 6.45) is 0.